The lowest BCUT2D eigenvalue weighted by Gasteiger charge is -2.61. The number of hydrogen-bond acceptors (Lipinski definition) is 3. The van der Waals surface area contributed by atoms with Crippen LogP contribution in [-0.2, 0) is 0 Å². The second-order valence-corrected chi connectivity index (χ2v) is 9.36. The molecule has 9 atom stereocenters. The number of rotatable bonds is 0. The molecule has 0 spiro atoms. The van der Waals surface area contributed by atoms with Crippen molar-refractivity contribution in [1.82, 2.24) is 0 Å². The van der Waals surface area contributed by atoms with Gasteiger partial charge in [-0.1, -0.05) is 13.8 Å². The van der Waals surface area contributed by atoms with Gasteiger partial charge in [0.15, 0.2) is 0 Å². The van der Waals surface area contributed by atoms with Gasteiger partial charge in [-0.15, -0.1) is 0 Å². The molecule has 126 valence electrons. The molecule has 4 aliphatic carbocycles. The highest BCUT2D eigenvalue weighted by Crippen LogP contribution is 2.66. The van der Waals surface area contributed by atoms with E-state index in [2.05, 4.69) is 13.8 Å². The summed E-state index contributed by atoms with van der Waals surface area (Å²) in [5.41, 5.74) is 0.273. The molecule has 0 aromatic rings. The third-order valence-corrected chi connectivity index (χ3v) is 8.60. The quantitative estimate of drug-likeness (QED) is 0.645. The summed E-state index contributed by atoms with van der Waals surface area (Å²) in [5, 5.41) is 31.4. The van der Waals surface area contributed by atoms with E-state index in [1.807, 2.05) is 0 Å². The largest absolute Gasteiger partial charge is 0.393 e. The van der Waals surface area contributed by atoms with Gasteiger partial charge in [0.05, 0.1) is 18.3 Å². The Bertz CT molecular complexity index is 452. The van der Waals surface area contributed by atoms with Crippen LogP contribution in [0.25, 0.3) is 0 Å². The third-order valence-electron chi connectivity index (χ3n) is 8.60. The van der Waals surface area contributed by atoms with E-state index in [1.165, 1.54) is 6.42 Å². The highest BCUT2D eigenvalue weighted by atomic mass is 16.3. The van der Waals surface area contributed by atoms with Crippen LogP contribution in [0, 0.1) is 34.5 Å². The van der Waals surface area contributed by atoms with Crippen molar-refractivity contribution >= 4 is 0 Å². The average Bonchev–Trinajstić information content (AvgIpc) is 2.77. The van der Waals surface area contributed by atoms with Crippen molar-refractivity contribution in [3.8, 4) is 0 Å². The zero-order valence-corrected chi connectivity index (χ0v) is 14.0. The van der Waals surface area contributed by atoms with Gasteiger partial charge in [0.2, 0.25) is 0 Å². The minimum atomic E-state index is -0.263. The zero-order chi connectivity index (χ0) is 15.7. The Morgan fingerprint density at radius 3 is 2.18 bits per heavy atom. The molecule has 3 nitrogen and oxygen atoms in total. The molecule has 3 N–H and O–H groups in total. The third kappa shape index (κ3) is 1.91. The molecule has 0 heterocycles. The monoisotopic (exact) mass is 308 g/mol. The Hall–Kier alpha value is -0.120. The van der Waals surface area contributed by atoms with E-state index < -0.39 is 0 Å². The van der Waals surface area contributed by atoms with Gasteiger partial charge in [-0.3, -0.25) is 0 Å². The Labute approximate surface area is 134 Å². The van der Waals surface area contributed by atoms with Crippen molar-refractivity contribution in [2.75, 3.05) is 0 Å². The first-order valence-corrected chi connectivity index (χ1v) is 9.40. The fraction of sp³-hybridized carbons (Fsp3) is 1.00. The second-order valence-electron chi connectivity index (χ2n) is 9.36. The number of aliphatic hydroxyl groups is 3. The molecule has 0 bridgehead atoms. The van der Waals surface area contributed by atoms with Gasteiger partial charge in [-0.2, -0.15) is 0 Å². The second kappa shape index (κ2) is 4.94. The number of fused-ring (bicyclic) bond motifs is 5. The standard InChI is InChI=1S/C19H32O3/c1-18-7-5-11(20)9-15(18)16(21)10-12-13-3-4-17(22)19(13,2)8-6-14(12)18/h11-17,20-22H,3-10H2,1-2H3/t11-,12+,13-,14+,15+,16+,17-,18+,19-/m0/s1. The van der Waals surface area contributed by atoms with Crippen LogP contribution >= 0.6 is 0 Å². The minimum Gasteiger partial charge on any atom is -0.393 e. The van der Waals surface area contributed by atoms with Crippen molar-refractivity contribution in [1.29, 1.82) is 0 Å². The maximum absolute atomic E-state index is 10.8. The fourth-order valence-electron chi connectivity index (χ4n) is 7.25. The first-order valence-electron chi connectivity index (χ1n) is 9.40. The average molecular weight is 308 g/mol. The van der Waals surface area contributed by atoms with Crippen LogP contribution < -0.4 is 0 Å². The van der Waals surface area contributed by atoms with Gasteiger partial charge in [0.1, 0.15) is 0 Å². The Morgan fingerprint density at radius 2 is 1.41 bits per heavy atom. The number of aliphatic hydroxyl groups excluding tert-OH is 3. The molecule has 3 heteroatoms. The highest BCUT2D eigenvalue weighted by molar-refractivity contribution is 5.11. The van der Waals surface area contributed by atoms with Gasteiger partial charge in [-0.25, -0.2) is 0 Å². The van der Waals surface area contributed by atoms with Crippen LogP contribution in [0.2, 0.25) is 0 Å². The van der Waals surface area contributed by atoms with Gasteiger partial charge >= 0.3 is 0 Å². The normalized spacial score (nSPS) is 61.2. The van der Waals surface area contributed by atoms with E-state index in [0.29, 0.717) is 17.8 Å². The molecule has 0 aromatic heterocycles. The van der Waals surface area contributed by atoms with Gasteiger partial charge in [-0.05, 0) is 85.9 Å². The van der Waals surface area contributed by atoms with Crippen molar-refractivity contribution in [3.05, 3.63) is 0 Å². The van der Waals surface area contributed by atoms with Gasteiger partial charge in [0, 0.05) is 0 Å². The van der Waals surface area contributed by atoms with Crippen LogP contribution in [0.1, 0.15) is 65.2 Å². The van der Waals surface area contributed by atoms with E-state index in [9.17, 15) is 15.3 Å². The minimum absolute atomic E-state index is 0.0816. The van der Waals surface area contributed by atoms with E-state index in [-0.39, 0.29) is 35.1 Å². The van der Waals surface area contributed by atoms with Crippen LogP contribution in [0.15, 0.2) is 0 Å². The highest BCUT2D eigenvalue weighted by Gasteiger charge is 2.61. The van der Waals surface area contributed by atoms with Crippen molar-refractivity contribution in [2.45, 2.75) is 83.5 Å². The molecule has 0 aliphatic heterocycles. The molecule has 0 radical (unpaired) electrons. The summed E-state index contributed by atoms with van der Waals surface area (Å²) < 4.78 is 0. The molecule has 4 aliphatic rings. The first kappa shape index (κ1) is 15.4. The van der Waals surface area contributed by atoms with E-state index >= 15 is 0 Å². The lowest BCUT2D eigenvalue weighted by molar-refractivity contribution is -0.174. The summed E-state index contributed by atoms with van der Waals surface area (Å²) in [5.74, 6) is 2.10. The van der Waals surface area contributed by atoms with Crippen LogP contribution in [0.3, 0.4) is 0 Å². The Balaban J connectivity index is 1.66. The predicted molar refractivity (Wildman–Crippen MR) is 85.1 cm³/mol. The Kier molecular flexibility index (Phi) is 3.46. The molecular formula is C19H32O3. The number of hydrogen-bond donors (Lipinski definition) is 3. The van der Waals surface area contributed by atoms with Crippen molar-refractivity contribution in [3.63, 3.8) is 0 Å². The molecule has 0 amide bonds. The van der Waals surface area contributed by atoms with Gasteiger partial charge in [0.25, 0.3) is 0 Å². The molecular weight excluding hydrogens is 276 g/mol. The topological polar surface area (TPSA) is 60.7 Å². The fourth-order valence-corrected chi connectivity index (χ4v) is 7.25. The van der Waals surface area contributed by atoms with Gasteiger partial charge < -0.3 is 15.3 Å². The van der Waals surface area contributed by atoms with Crippen LogP contribution in [0.4, 0.5) is 0 Å². The molecule has 0 unspecified atom stereocenters. The maximum Gasteiger partial charge on any atom is 0.0596 e. The molecule has 0 saturated heterocycles. The molecule has 4 rings (SSSR count). The SMILES string of the molecule is C[C@]12CC[C@H](O)C[C@@H]1[C@H](O)C[C@H]1[C@H]2CC[C@]2(C)[C@@H](O)CC[C@@H]12. The summed E-state index contributed by atoms with van der Waals surface area (Å²) >= 11 is 0. The smallest absolute Gasteiger partial charge is 0.0596 e. The Morgan fingerprint density at radius 1 is 0.727 bits per heavy atom. The van der Waals surface area contributed by atoms with E-state index in [1.54, 1.807) is 0 Å². The molecule has 4 fully saturated rings. The van der Waals surface area contributed by atoms with Crippen LogP contribution in [0.5, 0.6) is 0 Å². The predicted octanol–water partition coefficient (Wildman–Crippen LogP) is 2.72. The van der Waals surface area contributed by atoms with Crippen LogP contribution in [-0.4, -0.2) is 33.6 Å². The van der Waals surface area contributed by atoms with E-state index in [4.69, 9.17) is 0 Å². The van der Waals surface area contributed by atoms with Crippen molar-refractivity contribution < 1.29 is 15.3 Å². The summed E-state index contributed by atoms with van der Waals surface area (Å²) in [7, 11) is 0. The lowest BCUT2D eigenvalue weighted by Crippen LogP contribution is -2.58. The van der Waals surface area contributed by atoms with E-state index in [0.717, 1.165) is 44.9 Å². The summed E-state index contributed by atoms with van der Waals surface area (Å²) in [6.45, 7) is 4.68. The molecule has 4 saturated carbocycles. The first-order chi connectivity index (χ1) is 10.4. The molecule has 22 heavy (non-hydrogen) atoms. The lowest BCUT2D eigenvalue weighted by atomic mass is 9.44. The zero-order valence-electron chi connectivity index (χ0n) is 14.0. The van der Waals surface area contributed by atoms with Crippen molar-refractivity contribution in [2.24, 2.45) is 34.5 Å². The summed E-state index contributed by atoms with van der Waals surface area (Å²) in [6.07, 6.45) is 7.42. The summed E-state index contributed by atoms with van der Waals surface area (Å²) in [4.78, 5) is 0. The maximum atomic E-state index is 10.8. The summed E-state index contributed by atoms with van der Waals surface area (Å²) in [6, 6.07) is 0. The molecule has 0 aromatic carbocycles.